The fourth-order valence-electron chi connectivity index (χ4n) is 3.41. The molecule has 0 aliphatic heterocycles. The molecular formula is C27H36Cl2O5Ti. The second-order valence-corrected chi connectivity index (χ2v) is 12.0. The summed E-state index contributed by atoms with van der Waals surface area (Å²) in [7, 11) is 3.35. The average Bonchev–Trinajstić information content (AvgIpc) is 3.25. The van der Waals surface area contributed by atoms with Crippen LogP contribution in [-0.2, 0) is 29.0 Å². The van der Waals surface area contributed by atoms with Gasteiger partial charge in [0.25, 0.3) is 0 Å². The minimum absolute atomic E-state index is 0. The van der Waals surface area contributed by atoms with Crippen molar-refractivity contribution in [2.24, 2.45) is 0 Å². The molecule has 0 amide bonds. The standard InChI is InChI=1S/2C11H16O2.C5H4O.2ClH.Ti/c2*1-11(2,3)9-7-8(13-4)5-6-10(9)12;1-5-3-2-4-6-5;;;/h2*5-7,12H,1-4H3;1-4H;2*1H;/q;;;;;+2/p-2. The van der Waals surface area contributed by atoms with Crippen LogP contribution in [0.5, 0.6) is 23.0 Å². The van der Waals surface area contributed by atoms with Gasteiger partial charge in [-0.2, -0.15) is 0 Å². The largest absolute Gasteiger partial charge is 0.147 e. The van der Waals surface area contributed by atoms with Crippen molar-refractivity contribution in [2.75, 3.05) is 14.2 Å². The number of hydrogen-bond acceptors (Lipinski definition) is 5. The number of methoxy groups -OCH3 is 2. The normalized spacial score (nSPS) is 11.0. The van der Waals surface area contributed by atoms with E-state index >= 15 is 0 Å². The smallest absolute Gasteiger partial charge is 0.147 e. The van der Waals surface area contributed by atoms with Crippen molar-refractivity contribution in [3.63, 3.8) is 0 Å². The molecule has 0 fully saturated rings. The van der Waals surface area contributed by atoms with Gasteiger partial charge >= 0.3 is 204 Å². The van der Waals surface area contributed by atoms with Crippen LogP contribution in [0, 0.1) is 0 Å². The zero-order valence-corrected chi connectivity index (χ0v) is 24.8. The molecule has 1 heterocycles. The van der Waals surface area contributed by atoms with E-state index < -0.39 is 18.2 Å². The molecular weight excluding hydrogens is 523 g/mol. The zero-order chi connectivity index (χ0) is 24.2. The molecule has 35 heavy (non-hydrogen) atoms. The minimum atomic E-state index is -2.77. The number of ether oxygens (including phenoxy) is 2. The summed E-state index contributed by atoms with van der Waals surface area (Å²) in [6.45, 7) is 13.0. The van der Waals surface area contributed by atoms with Crippen molar-refractivity contribution < 1.29 is 38.7 Å². The van der Waals surface area contributed by atoms with Gasteiger partial charge in [-0.15, -0.1) is 24.8 Å². The molecule has 1 aromatic heterocycles. The van der Waals surface area contributed by atoms with Gasteiger partial charge in [-0.3, -0.25) is 0 Å². The third kappa shape index (κ3) is 8.32. The van der Waals surface area contributed by atoms with Crippen molar-refractivity contribution in [2.45, 2.75) is 52.4 Å². The molecule has 3 aromatic rings. The Kier molecular flexibility index (Phi) is 11.4. The Balaban J connectivity index is 0.00000306. The van der Waals surface area contributed by atoms with Crippen molar-refractivity contribution in [1.82, 2.24) is 0 Å². The van der Waals surface area contributed by atoms with E-state index in [1.807, 2.05) is 52.8 Å². The number of rotatable bonds is 7. The molecule has 0 saturated carbocycles. The Bertz CT molecular complexity index is 1040. The molecule has 5 nitrogen and oxygen atoms in total. The number of furan rings is 1. The monoisotopic (exact) mass is 558 g/mol. The van der Waals surface area contributed by atoms with Crippen molar-refractivity contribution in [3.8, 4) is 23.0 Å². The maximum atomic E-state index is 6.62. The molecule has 0 bridgehead atoms. The third-order valence-corrected chi connectivity index (χ3v) is 7.34. The number of halogens is 2. The molecule has 3 rings (SSSR count). The van der Waals surface area contributed by atoms with Crippen LogP contribution in [0.1, 0.15) is 58.4 Å². The Labute approximate surface area is 228 Å². The summed E-state index contributed by atoms with van der Waals surface area (Å²) in [5.74, 6) is 3.94. The van der Waals surface area contributed by atoms with Gasteiger partial charge < -0.3 is 0 Å². The molecule has 0 unspecified atom stereocenters. The van der Waals surface area contributed by atoms with E-state index in [9.17, 15) is 0 Å². The summed E-state index contributed by atoms with van der Waals surface area (Å²) in [6, 6.07) is 15.6. The van der Waals surface area contributed by atoms with Gasteiger partial charge in [-0.25, -0.2) is 0 Å². The van der Waals surface area contributed by atoms with Crippen LogP contribution >= 0.6 is 24.8 Å². The van der Waals surface area contributed by atoms with Crippen LogP contribution in [-0.4, -0.2) is 18.5 Å². The van der Waals surface area contributed by atoms with Crippen molar-refractivity contribution >= 4 is 29.1 Å². The maximum absolute atomic E-state index is 6.62. The second kappa shape index (κ2) is 12.9. The van der Waals surface area contributed by atoms with Gasteiger partial charge in [-0.1, -0.05) is 0 Å². The quantitative estimate of drug-likeness (QED) is 0.281. The maximum Gasteiger partial charge on any atom is -0.147 e. The summed E-state index contributed by atoms with van der Waals surface area (Å²) in [5, 5.41) is 0. The van der Waals surface area contributed by atoms with Crippen LogP contribution in [0.15, 0.2) is 59.2 Å². The molecule has 0 N–H and O–H groups in total. The fourth-order valence-corrected chi connectivity index (χ4v) is 5.51. The van der Waals surface area contributed by atoms with Gasteiger partial charge in [0.05, 0.1) is 0 Å². The van der Waals surface area contributed by atoms with E-state index in [4.69, 9.17) is 20.5 Å². The van der Waals surface area contributed by atoms with E-state index in [0.29, 0.717) is 0 Å². The summed E-state index contributed by atoms with van der Waals surface area (Å²) in [6.07, 6.45) is 1.66. The Morgan fingerprint density at radius 1 is 0.714 bits per heavy atom. The minimum Gasteiger partial charge on any atom is -0.147 e. The molecule has 0 radical (unpaired) electrons. The van der Waals surface area contributed by atoms with Gasteiger partial charge in [0.2, 0.25) is 0 Å². The predicted molar refractivity (Wildman–Crippen MR) is 143 cm³/mol. The van der Waals surface area contributed by atoms with Crippen LogP contribution in [0.2, 0.25) is 0 Å². The first-order valence-corrected chi connectivity index (χ1v) is 13.2. The van der Waals surface area contributed by atoms with E-state index in [1.165, 1.54) is 0 Å². The van der Waals surface area contributed by atoms with Gasteiger partial charge in [0.15, 0.2) is 0 Å². The average molecular weight is 559 g/mol. The molecule has 8 heteroatoms. The summed E-state index contributed by atoms with van der Waals surface area (Å²) >= 11 is -2.77. The molecule has 192 valence electrons. The number of hydrogen-bond donors (Lipinski definition) is 0. The molecule has 0 spiro atoms. The van der Waals surface area contributed by atoms with E-state index in [1.54, 1.807) is 20.5 Å². The molecule has 0 aliphatic rings. The SMILES string of the molecule is COc1ccc([O][Ti](=[CH]c2ccco2)[O]c2ccc(OC)cc2C(C)(C)C)c(C(C)(C)C)c1.Cl.Cl. The van der Waals surface area contributed by atoms with Gasteiger partial charge in [0, 0.05) is 0 Å². The van der Waals surface area contributed by atoms with Crippen LogP contribution in [0.4, 0.5) is 0 Å². The Morgan fingerprint density at radius 3 is 1.51 bits per heavy atom. The Hall–Kier alpha value is -1.92. The zero-order valence-electron chi connectivity index (χ0n) is 21.6. The molecule has 0 aliphatic carbocycles. The second-order valence-electron chi connectivity index (χ2n) is 9.91. The topological polar surface area (TPSA) is 50.1 Å². The molecule has 0 atom stereocenters. The fraction of sp³-hybridized carbons (Fsp3) is 0.370. The first-order valence-electron chi connectivity index (χ1n) is 11.0. The summed E-state index contributed by atoms with van der Waals surface area (Å²) in [4.78, 5) is 0. The predicted octanol–water partition coefficient (Wildman–Crippen LogP) is 7.49. The summed E-state index contributed by atoms with van der Waals surface area (Å²) < 4.78 is 31.7. The number of benzene rings is 2. The van der Waals surface area contributed by atoms with Crippen LogP contribution in [0.3, 0.4) is 0 Å². The first kappa shape index (κ1) is 31.1. The van der Waals surface area contributed by atoms with Crippen LogP contribution in [0.25, 0.3) is 0 Å². The van der Waals surface area contributed by atoms with Crippen molar-refractivity contribution in [3.05, 3.63) is 71.7 Å². The summed E-state index contributed by atoms with van der Waals surface area (Å²) in [5.41, 5.74) is 1.87. The molecule has 2 aromatic carbocycles. The van der Waals surface area contributed by atoms with Gasteiger partial charge in [0.1, 0.15) is 0 Å². The van der Waals surface area contributed by atoms with E-state index in [0.717, 1.165) is 39.9 Å². The first-order chi connectivity index (χ1) is 15.5. The van der Waals surface area contributed by atoms with Crippen molar-refractivity contribution in [1.29, 1.82) is 0 Å². The molecule has 0 saturated heterocycles. The van der Waals surface area contributed by atoms with E-state index in [2.05, 4.69) is 41.5 Å². The Morgan fingerprint density at radius 2 is 1.17 bits per heavy atom. The van der Waals surface area contributed by atoms with Crippen LogP contribution < -0.4 is 16.1 Å². The van der Waals surface area contributed by atoms with Gasteiger partial charge in [-0.05, 0) is 0 Å². The third-order valence-electron chi connectivity index (χ3n) is 5.21. The van der Waals surface area contributed by atoms with E-state index in [-0.39, 0.29) is 35.6 Å².